The van der Waals surface area contributed by atoms with Gasteiger partial charge in [-0.3, -0.25) is 9.59 Å². The highest BCUT2D eigenvalue weighted by atomic mass is 16.4. The van der Waals surface area contributed by atoms with Gasteiger partial charge in [-0.25, -0.2) is 0 Å². The summed E-state index contributed by atoms with van der Waals surface area (Å²) in [4.78, 5) is 23.2. The Morgan fingerprint density at radius 3 is 2.18 bits per heavy atom. The van der Waals surface area contributed by atoms with Crippen molar-refractivity contribution in [2.45, 2.75) is 58.4 Å². The van der Waals surface area contributed by atoms with Gasteiger partial charge in [-0.2, -0.15) is 0 Å². The largest absolute Gasteiger partial charge is 0.481 e. The lowest BCUT2D eigenvalue weighted by molar-refractivity contribution is -0.149. The number of amides is 1. The number of rotatable bonds is 5. The first-order valence-corrected chi connectivity index (χ1v) is 6.63. The van der Waals surface area contributed by atoms with Gasteiger partial charge in [0.05, 0.1) is 11.8 Å². The fourth-order valence-electron chi connectivity index (χ4n) is 2.54. The zero-order valence-corrected chi connectivity index (χ0v) is 10.7. The van der Waals surface area contributed by atoms with E-state index in [9.17, 15) is 9.59 Å². The lowest BCUT2D eigenvalue weighted by Gasteiger charge is -2.29. The molecule has 1 aliphatic carbocycles. The van der Waals surface area contributed by atoms with Crippen LogP contribution in [0.25, 0.3) is 0 Å². The molecule has 0 unspecified atom stereocenters. The van der Waals surface area contributed by atoms with Gasteiger partial charge in [0.25, 0.3) is 0 Å². The number of carbonyl (C=O) groups excluding carboxylic acids is 1. The molecule has 0 aromatic rings. The van der Waals surface area contributed by atoms with E-state index in [-0.39, 0.29) is 17.9 Å². The summed E-state index contributed by atoms with van der Waals surface area (Å²) in [6.07, 6.45) is 5.02. The molecule has 4 nitrogen and oxygen atoms in total. The summed E-state index contributed by atoms with van der Waals surface area (Å²) >= 11 is 0. The quantitative estimate of drug-likeness (QED) is 0.775. The van der Waals surface area contributed by atoms with E-state index in [1.165, 1.54) is 0 Å². The average molecular weight is 241 g/mol. The third-order valence-corrected chi connectivity index (χ3v) is 3.75. The maximum absolute atomic E-state index is 12.1. The number of hydrogen-bond acceptors (Lipinski definition) is 2. The molecule has 1 aliphatic rings. The topological polar surface area (TPSA) is 66.4 Å². The van der Waals surface area contributed by atoms with Crippen LogP contribution < -0.4 is 5.32 Å². The monoisotopic (exact) mass is 241 g/mol. The molecule has 0 heterocycles. The number of aliphatic carboxylic acids is 1. The summed E-state index contributed by atoms with van der Waals surface area (Å²) in [6.45, 7) is 4.06. The fourth-order valence-corrected chi connectivity index (χ4v) is 2.54. The van der Waals surface area contributed by atoms with Crippen LogP contribution in [0.15, 0.2) is 0 Å². The van der Waals surface area contributed by atoms with E-state index < -0.39 is 11.9 Å². The Morgan fingerprint density at radius 1 is 1.18 bits per heavy atom. The number of nitrogens with one attached hydrogen (secondary N) is 1. The smallest absolute Gasteiger partial charge is 0.307 e. The second-order valence-electron chi connectivity index (χ2n) is 4.86. The van der Waals surface area contributed by atoms with Gasteiger partial charge in [-0.15, -0.1) is 0 Å². The summed E-state index contributed by atoms with van der Waals surface area (Å²) in [5.41, 5.74) is 0. The Kier molecular flexibility index (Phi) is 5.45. The van der Waals surface area contributed by atoms with Gasteiger partial charge in [-0.1, -0.05) is 26.7 Å². The van der Waals surface area contributed by atoms with Gasteiger partial charge in [0.1, 0.15) is 0 Å². The van der Waals surface area contributed by atoms with Crippen molar-refractivity contribution in [2.24, 2.45) is 11.8 Å². The van der Waals surface area contributed by atoms with Crippen LogP contribution in [-0.4, -0.2) is 23.0 Å². The molecule has 1 saturated carbocycles. The molecule has 1 amide bonds. The molecule has 1 fully saturated rings. The molecule has 17 heavy (non-hydrogen) atoms. The van der Waals surface area contributed by atoms with Crippen LogP contribution in [0.2, 0.25) is 0 Å². The van der Waals surface area contributed by atoms with Crippen molar-refractivity contribution in [3.63, 3.8) is 0 Å². The highest BCUT2D eigenvalue weighted by Gasteiger charge is 2.35. The number of carboxylic acids is 1. The van der Waals surface area contributed by atoms with Crippen LogP contribution in [-0.2, 0) is 9.59 Å². The van der Waals surface area contributed by atoms with Crippen molar-refractivity contribution in [1.82, 2.24) is 5.32 Å². The normalized spacial score (nSPS) is 24.6. The van der Waals surface area contributed by atoms with Gasteiger partial charge >= 0.3 is 5.97 Å². The molecular formula is C13H23NO3. The second-order valence-corrected chi connectivity index (χ2v) is 4.86. The Balaban J connectivity index is 2.61. The third kappa shape index (κ3) is 3.72. The fraction of sp³-hybridized carbons (Fsp3) is 0.846. The van der Waals surface area contributed by atoms with E-state index in [1.54, 1.807) is 0 Å². The van der Waals surface area contributed by atoms with Crippen molar-refractivity contribution in [1.29, 1.82) is 0 Å². The Morgan fingerprint density at radius 2 is 1.71 bits per heavy atom. The molecule has 0 spiro atoms. The van der Waals surface area contributed by atoms with Crippen LogP contribution >= 0.6 is 0 Å². The molecule has 0 bridgehead atoms. The van der Waals surface area contributed by atoms with Crippen LogP contribution in [0.1, 0.15) is 52.4 Å². The standard InChI is InChI=1S/C13H23NO3/c1-3-9(4-2)14-12(15)10-7-5-6-8-11(10)13(16)17/h9-11H,3-8H2,1-2H3,(H,14,15)(H,16,17)/t10-,11+/m0/s1. The van der Waals surface area contributed by atoms with E-state index >= 15 is 0 Å². The molecule has 2 atom stereocenters. The zero-order valence-electron chi connectivity index (χ0n) is 10.7. The SMILES string of the molecule is CCC(CC)NC(=O)[C@H]1CCCC[C@H]1C(=O)O. The van der Waals surface area contributed by atoms with Gasteiger partial charge in [0.15, 0.2) is 0 Å². The lowest BCUT2D eigenvalue weighted by atomic mass is 9.78. The van der Waals surface area contributed by atoms with E-state index in [1.807, 2.05) is 13.8 Å². The predicted octanol–water partition coefficient (Wildman–Crippen LogP) is 2.18. The van der Waals surface area contributed by atoms with E-state index in [4.69, 9.17) is 5.11 Å². The zero-order chi connectivity index (χ0) is 12.8. The molecule has 2 N–H and O–H groups in total. The highest BCUT2D eigenvalue weighted by Crippen LogP contribution is 2.30. The van der Waals surface area contributed by atoms with Crippen LogP contribution in [0, 0.1) is 11.8 Å². The minimum absolute atomic E-state index is 0.0641. The maximum atomic E-state index is 12.1. The van der Waals surface area contributed by atoms with Gasteiger partial charge in [-0.05, 0) is 25.7 Å². The summed E-state index contributed by atoms with van der Waals surface area (Å²) in [5, 5.41) is 12.1. The van der Waals surface area contributed by atoms with Crippen molar-refractivity contribution in [3.8, 4) is 0 Å². The first-order valence-electron chi connectivity index (χ1n) is 6.63. The average Bonchev–Trinajstić information content (AvgIpc) is 2.35. The number of carboxylic acid groups (broad SMARTS) is 1. The summed E-state index contributed by atoms with van der Waals surface area (Å²) in [6, 6.07) is 0.180. The first-order chi connectivity index (χ1) is 8.10. The summed E-state index contributed by atoms with van der Waals surface area (Å²) < 4.78 is 0. The molecule has 4 heteroatoms. The number of carbonyl (C=O) groups is 2. The molecular weight excluding hydrogens is 218 g/mol. The predicted molar refractivity (Wildman–Crippen MR) is 65.6 cm³/mol. The van der Waals surface area contributed by atoms with E-state index in [0.29, 0.717) is 12.8 Å². The van der Waals surface area contributed by atoms with Crippen LogP contribution in [0.5, 0.6) is 0 Å². The molecule has 0 aromatic carbocycles. The number of hydrogen-bond donors (Lipinski definition) is 2. The van der Waals surface area contributed by atoms with Crippen LogP contribution in [0.4, 0.5) is 0 Å². The molecule has 0 saturated heterocycles. The Bertz CT molecular complexity index is 274. The van der Waals surface area contributed by atoms with E-state index in [2.05, 4.69) is 5.32 Å². The lowest BCUT2D eigenvalue weighted by Crippen LogP contribution is -2.43. The molecule has 0 aromatic heterocycles. The van der Waals surface area contributed by atoms with Crippen LogP contribution in [0.3, 0.4) is 0 Å². The maximum Gasteiger partial charge on any atom is 0.307 e. The van der Waals surface area contributed by atoms with Crippen molar-refractivity contribution >= 4 is 11.9 Å². The Labute approximate surface area is 103 Å². The molecule has 0 aliphatic heterocycles. The van der Waals surface area contributed by atoms with Crippen molar-refractivity contribution in [2.75, 3.05) is 0 Å². The Hall–Kier alpha value is -1.06. The minimum Gasteiger partial charge on any atom is -0.481 e. The first kappa shape index (κ1) is 14.0. The summed E-state index contributed by atoms with van der Waals surface area (Å²) in [7, 11) is 0. The van der Waals surface area contributed by atoms with Gasteiger partial charge < -0.3 is 10.4 Å². The molecule has 0 radical (unpaired) electrons. The second kappa shape index (κ2) is 6.62. The molecule has 1 rings (SSSR count). The summed E-state index contributed by atoms with van der Waals surface area (Å²) in [5.74, 6) is -1.71. The molecule has 98 valence electrons. The van der Waals surface area contributed by atoms with E-state index in [0.717, 1.165) is 25.7 Å². The van der Waals surface area contributed by atoms with Crippen molar-refractivity contribution in [3.05, 3.63) is 0 Å². The van der Waals surface area contributed by atoms with Crippen molar-refractivity contribution < 1.29 is 14.7 Å². The third-order valence-electron chi connectivity index (χ3n) is 3.75. The highest BCUT2D eigenvalue weighted by molar-refractivity contribution is 5.85. The van der Waals surface area contributed by atoms with Gasteiger partial charge in [0.2, 0.25) is 5.91 Å². The van der Waals surface area contributed by atoms with Gasteiger partial charge in [0, 0.05) is 6.04 Å². The minimum atomic E-state index is -0.825.